The average Bonchev–Trinajstić information content (AvgIpc) is 2.25. The first kappa shape index (κ1) is 14.0. The van der Waals surface area contributed by atoms with Crippen LogP contribution in [0.1, 0.15) is 13.8 Å². The highest BCUT2D eigenvalue weighted by Crippen LogP contribution is 2.33. The van der Waals surface area contributed by atoms with Crippen LogP contribution < -0.4 is 0 Å². The molecule has 1 heterocycles. The van der Waals surface area contributed by atoms with E-state index < -0.39 is 15.6 Å². The minimum absolute atomic E-state index is 0.0499. The Hall–Kier alpha value is -0.430. The van der Waals surface area contributed by atoms with Gasteiger partial charge in [-0.25, -0.2) is 8.42 Å². The number of rotatable bonds is 3. The van der Waals surface area contributed by atoms with Gasteiger partial charge in [0, 0.05) is 17.6 Å². The van der Waals surface area contributed by atoms with E-state index in [9.17, 15) is 13.5 Å². The molecule has 1 saturated heterocycles. The van der Waals surface area contributed by atoms with Gasteiger partial charge >= 0.3 is 0 Å². The molecule has 0 bridgehead atoms. The average molecular weight is 334 g/mol. The van der Waals surface area contributed by atoms with Gasteiger partial charge in [0.25, 0.3) is 0 Å². The number of β-amino-alcohol motifs (C(OH)–C–C–N with tert-alkyl or cyclic N) is 1. The predicted octanol–water partition coefficient (Wildman–Crippen LogP) is 1.84. The third-order valence-electron chi connectivity index (χ3n) is 3.43. The lowest BCUT2D eigenvalue weighted by Crippen LogP contribution is -2.65. The fraction of sp³-hybridized carbons (Fsp3) is 0.500. The van der Waals surface area contributed by atoms with Crippen molar-refractivity contribution in [1.82, 2.24) is 4.31 Å². The van der Waals surface area contributed by atoms with Crippen molar-refractivity contribution in [3.63, 3.8) is 0 Å². The van der Waals surface area contributed by atoms with Crippen LogP contribution in [0.4, 0.5) is 0 Å². The van der Waals surface area contributed by atoms with E-state index in [1.54, 1.807) is 24.3 Å². The summed E-state index contributed by atoms with van der Waals surface area (Å²) >= 11 is 3.27. The Morgan fingerprint density at radius 2 is 1.78 bits per heavy atom. The maximum atomic E-state index is 12.2. The van der Waals surface area contributed by atoms with Crippen molar-refractivity contribution < 1.29 is 13.5 Å². The highest BCUT2D eigenvalue weighted by molar-refractivity contribution is 9.10. The first-order valence-electron chi connectivity index (χ1n) is 5.74. The molecule has 1 aromatic carbocycles. The van der Waals surface area contributed by atoms with Crippen LogP contribution in [0, 0.1) is 5.92 Å². The molecule has 0 unspecified atom stereocenters. The number of benzene rings is 1. The molecule has 0 spiro atoms. The van der Waals surface area contributed by atoms with Gasteiger partial charge in [-0.3, -0.25) is 0 Å². The van der Waals surface area contributed by atoms with E-state index >= 15 is 0 Å². The van der Waals surface area contributed by atoms with Crippen molar-refractivity contribution in [2.24, 2.45) is 5.92 Å². The van der Waals surface area contributed by atoms with Gasteiger partial charge in [0.15, 0.2) is 0 Å². The van der Waals surface area contributed by atoms with Crippen LogP contribution in [0.5, 0.6) is 0 Å². The third-order valence-corrected chi connectivity index (χ3v) is 5.76. The maximum absolute atomic E-state index is 12.2. The summed E-state index contributed by atoms with van der Waals surface area (Å²) in [5, 5.41) is 10.1. The fourth-order valence-corrected chi connectivity index (χ4v) is 3.68. The van der Waals surface area contributed by atoms with Crippen LogP contribution in [-0.4, -0.2) is 36.5 Å². The summed E-state index contributed by atoms with van der Waals surface area (Å²) in [6.07, 6.45) is 0. The molecule has 2 rings (SSSR count). The molecule has 1 aromatic rings. The van der Waals surface area contributed by atoms with Gasteiger partial charge in [-0.2, -0.15) is 4.31 Å². The largest absolute Gasteiger partial charge is 0.387 e. The summed E-state index contributed by atoms with van der Waals surface area (Å²) in [6.45, 7) is 4.12. The predicted molar refractivity (Wildman–Crippen MR) is 72.7 cm³/mol. The lowest BCUT2D eigenvalue weighted by molar-refractivity contribution is -0.0932. The second-order valence-electron chi connectivity index (χ2n) is 4.99. The SMILES string of the molecule is CC(C)C1(O)CN(S(=O)(=O)c2ccc(Br)cc2)C1. The minimum Gasteiger partial charge on any atom is -0.387 e. The zero-order valence-electron chi connectivity index (χ0n) is 10.3. The highest BCUT2D eigenvalue weighted by atomic mass is 79.9. The summed E-state index contributed by atoms with van der Waals surface area (Å²) in [7, 11) is -3.47. The van der Waals surface area contributed by atoms with Crippen molar-refractivity contribution in [2.45, 2.75) is 24.3 Å². The Kier molecular flexibility index (Phi) is 3.57. The summed E-state index contributed by atoms with van der Waals surface area (Å²) in [5.41, 5.74) is -0.886. The van der Waals surface area contributed by atoms with E-state index in [0.717, 1.165) is 4.47 Å². The van der Waals surface area contributed by atoms with Crippen LogP contribution in [-0.2, 0) is 10.0 Å². The number of hydrogen-bond acceptors (Lipinski definition) is 3. The molecular weight excluding hydrogens is 318 g/mol. The minimum atomic E-state index is -3.47. The van der Waals surface area contributed by atoms with Crippen molar-refractivity contribution in [3.05, 3.63) is 28.7 Å². The van der Waals surface area contributed by atoms with Gasteiger partial charge in [-0.15, -0.1) is 0 Å². The zero-order valence-corrected chi connectivity index (χ0v) is 12.7. The van der Waals surface area contributed by atoms with Gasteiger partial charge in [-0.05, 0) is 30.2 Å². The highest BCUT2D eigenvalue weighted by Gasteiger charge is 2.48. The van der Waals surface area contributed by atoms with E-state index in [0.29, 0.717) is 0 Å². The summed E-state index contributed by atoms with van der Waals surface area (Å²) in [6, 6.07) is 6.51. The van der Waals surface area contributed by atoms with E-state index in [2.05, 4.69) is 15.9 Å². The normalized spacial score (nSPS) is 19.8. The molecular formula is C12H16BrNO3S. The summed E-state index contributed by atoms with van der Waals surface area (Å²) < 4.78 is 26.6. The molecule has 0 aliphatic carbocycles. The molecule has 1 N–H and O–H groups in total. The Bertz CT molecular complexity index is 533. The first-order valence-corrected chi connectivity index (χ1v) is 7.97. The number of hydrogen-bond donors (Lipinski definition) is 1. The van der Waals surface area contributed by atoms with Crippen molar-refractivity contribution >= 4 is 26.0 Å². The molecule has 1 aliphatic heterocycles. The van der Waals surface area contributed by atoms with E-state index in [4.69, 9.17) is 0 Å². The first-order chi connectivity index (χ1) is 8.25. The molecule has 1 aliphatic rings. The van der Waals surface area contributed by atoms with Crippen molar-refractivity contribution in [2.75, 3.05) is 13.1 Å². The van der Waals surface area contributed by atoms with Crippen LogP contribution in [0.2, 0.25) is 0 Å². The Morgan fingerprint density at radius 3 is 2.22 bits per heavy atom. The summed E-state index contributed by atoms with van der Waals surface area (Å²) in [5.74, 6) is 0.0499. The molecule has 0 amide bonds. The maximum Gasteiger partial charge on any atom is 0.243 e. The molecule has 0 radical (unpaired) electrons. The van der Waals surface area contributed by atoms with Gasteiger partial charge in [-0.1, -0.05) is 29.8 Å². The number of nitrogens with zero attached hydrogens (tertiary/aromatic N) is 1. The van der Waals surface area contributed by atoms with Gasteiger partial charge in [0.1, 0.15) is 0 Å². The van der Waals surface area contributed by atoms with Crippen molar-refractivity contribution in [3.8, 4) is 0 Å². The van der Waals surface area contributed by atoms with Gasteiger partial charge < -0.3 is 5.11 Å². The molecule has 18 heavy (non-hydrogen) atoms. The van der Waals surface area contributed by atoms with E-state index in [-0.39, 0.29) is 23.9 Å². The molecule has 0 atom stereocenters. The van der Waals surface area contributed by atoms with E-state index in [1.165, 1.54) is 4.31 Å². The standard InChI is InChI=1S/C12H16BrNO3S/c1-9(2)12(15)7-14(8-12)18(16,17)11-5-3-10(13)4-6-11/h3-6,9,15H,7-8H2,1-2H3. The Morgan fingerprint density at radius 1 is 1.28 bits per heavy atom. The fourth-order valence-electron chi connectivity index (χ4n) is 1.86. The molecule has 6 heteroatoms. The third kappa shape index (κ3) is 2.34. The topological polar surface area (TPSA) is 57.6 Å². The van der Waals surface area contributed by atoms with E-state index in [1.807, 2.05) is 13.8 Å². The van der Waals surface area contributed by atoms with Crippen LogP contribution in [0.25, 0.3) is 0 Å². The van der Waals surface area contributed by atoms with Gasteiger partial charge in [0.05, 0.1) is 10.5 Å². The number of aliphatic hydroxyl groups is 1. The van der Waals surface area contributed by atoms with Crippen LogP contribution >= 0.6 is 15.9 Å². The van der Waals surface area contributed by atoms with Gasteiger partial charge in [0.2, 0.25) is 10.0 Å². The Balaban J connectivity index is 2.18. The summed E-state index contributed by atoms with van der Waals surface area (Å²) in [4.78, 5) is 0.261. The molecule has 0 saturated carbocycles. The molecule has 0 aromatic heterocycles. The second-order valence-corrected chi connectivity index (χ2v) is 7.84. The molecule has 1 fully saturated rings. The lowest BCUT2D eigenvalue weighted by atomic mass is 9.85. The lowest BCUT2D eigenvalue weighted by Gasteiger charge is -2.47. The smallest absolute Gasteiger partial charge is 0.243 e. The second kappa shape index (κ2) is 4.59. The molecule has 4 nitrogen and oxygen atoms in total. The van der Waals surface area contributed by atoms with Crippen molar-refractivity contribution in [1.29, 1.82) is 0 Å². The zero-order chi connectivity index (χ0) is 13.6. The Labute approximate surface area is 116 Å². The quantitative estimate of drug-likeness (QED) is 0.918. The van der Waals surface area contributed by atoms with Crippen LogP contribution in [0.3, 0.4) is 0 Å². The monoisotopic (exact) mass is 333 g/mol. The van der Waals surface area contributed by atoms with Crippen LogP contribution in [0.15, 0.2) is 33.6 Å². The number of halogens is 1. The number of sulfonamides is 1. The molecule has 100 valence electrons.